The molecule has 2 aromatic heterocycles. The van der Waals surface area contributed by atoms with Crippen LogP contribution in [0.4, 0.5) is 0 Å². The minimum atomic E-state index is -0.618. The first-order chi connectivity index (χ1) is 14.2. The zero-order valence-corrected chi connectivity index (χ0v) is 16.0. The number of esters is 2. The number of nitrogens with zero attached hydrogens (tertiary/aromatic N) is 1. The average molecular weight is 390 g/mol. The SMILES string of the molecule is CCOC(=O)C=CC(=O)Oc1cccc2c1Cc1c(-c3ccoc3)ccc[n+]1C2. The van der Waals surface area contributed by atoms with Crippen molar-refractivity contribution in [3.63, 3.8) is 0 Å². The number of hydrogen-bond donors (Lipinski definition) is 0. The van der Waals surface area contributed by atoms with E-state index >= 15 is 0 Å². The molecule has 0 fully saturated rings. The summed E-state index contributed by atoms with van der Waals surface area (Å²) in [6, 6.07) is 11.7. The molecule has 0 atom stereocenters. The van der Waals surface area contributed by atoms with E-state index in [-0.39, 0.29) is 6.61 Å². The van der Waals surface area contributed by atoms with Crippen molar-refractivity contribution in [1.29, 1.82) is 0 Å². The lowest BCUT2D eigenvalue weighted by Crippen LogP contribution is -2.42. The molecular formula is C23H20NO5+. The Bertz CT molecular complexity index is 1080. The maximum absolute atomic E-state index is 12.2. The summed E-state index contributed by atoms with van der Waals surface area (Å²) in [6.07, 6.45) is 8.19. The summed E-state index contributed by atoms with van der Waals surface area (Å²) in [5, 5.41) is 0. The van der Waals surface area contributed by atoms with E-state index in [1.54, 1.807) is 25.5 Å². The molecule has 3 heterocycles. The smallest absolute Gasteiger partial charge is 0.336 e. The minimum Gasteiger partial charge on any atom is -0.472 e. The van der Waals surface area contributed by atoms with Crippen LogP contribution < -0.4 is 9.30 Å². The molecule has 0 radical (unpaired) electrons. The van der Waals surface area contributed by atoms with Crippen molar-refractivity contribution in [2.45, 2.75) is 19.9 Å². The standard InChI is InChI=1S/C23H20NO5/c1-2-28-22(25)8-9-23(26)29-21-7-3-5-16-14-24-11-4-6-18(17-10-12-27-15-17)20(24)13-19(16)21/h3-12,15H,2,13-14H2,1H3/q+1. The van der Waals surface area contributed by atoms with Gasteiger partial charge in [-0.15, -0.1) is 0 Å². The normalized spacial score (nSPS) is 12.3. The molecule has 1 aliphatic rings. The molecular weight excluding hydrogens is 370 g/mol. The van der Waals surface area contributed by atoms with Gasteiger partial charge in [-0.25, -0.2) is 9.59 Å². The first-order valence-corrected chi connectivity index (χ1v) is 9.37. The number of carbonyl (C=O) groups excluding carboxylic acids is 2. The van der Waals surface area contributed by atoms with Crippen molar-refractivity contribution >= 4 is 11.9 Å². The van der Waals surface area contributed by atoms with E-state index in [0.29, 0.717) is 18.7 Å². The van der Waals surface area contributed by atoms with Crippen molar-refractivity contribution in [2.75, 3.05) is 6.61 Å². The van der Waals surface area contributed by atoms with E-state index in [1.165, 1.54) is 0 Å². The third-order valence-electron chi connectivity index (χ3n) is 4.79. The van der Waals surface area contributed by atoms with Crippen LogP contribution in [-0.4, -0.2) is 18.5 Å². The number of hydrogen-bond acceptors (Lipinski definition) is 5. The molecule has 3 aromatic rings. The fraction of sp³-hybridized carbons (Fsp3) is 0.174. The Hall–Kier alpha value is -3.67. The van der Waals surface area contributed by atoms with Gasteiger partial charge in [0.15, 0.2) is 18.4 Å². The third-order valence-corrected chi connectivity index (χ3v) is 4.79. The Morgan fingerprint density at radius 1 is 1.14 bits per heavy atom. The summed E-state index contributed by atoms with van der Waals surface area (Å²) in [6.45, 7) is 2.63. The second kappa shape index (κ2) is 8.14. The van der Waals surface area contributed by atoms with Gasteiger partial charge in [-0.1, -0.05) is 12.1 Å². The van der Waals surface area contributed by atoms with Gasteiger partial charge in [0.1, 0.15) is 5.75 Å². The van der Waals surface area contributed by atoms with Gasteiger partial charge in [0.05, 0.1) is 31.1 Å². The Kier molecular flexibility index (Phi) is 5.24. The number of furan rings is 1. The van der Waals surface area contributed by atoms with E-state index in [2.05, 4.69) is 10.6 Å². The Labute approximate surface area is 168 Å². The molecule has 6 heteroatoms. The zero-order valence-electron chi connectivity index (χ0n) is 16.0. The lowest BCUT2D eigenvalue weighted by atomic mass is 9.93. The molecule has 6 nitrogen and oxygen atoms in total. The Balaban J connectivity index is 1.61. The number of benzene rings is 1. The highest BCUT2D eigenvalue weighted by Crippen LogP contribution is 2.32. The molecule has 4 rings (SSSR count). The van der Waals surface area contributed by atoms with Crippen LogP contribution in [0.3, 0.4) is 0 Å². The highest BCUT2D eigenvalue weighted by Gasteiger charge is 2.28. The fourth-order valence-corrected chi connectivity index (χ4v) is 3.48. The molecule has 0 saturated carbocycles. The van der Waals surface area contributed by atoms with Crippen molar-refractivity contribution < 1.29 is 28.0 Å². The van der Waals surface area contributed by atoms with Crippen molar-refractivity contribution in [3.05, 3.63) is 84.1 Å². The molecule has 1 aliphatic heterocycles. The van der Waals surface area contributed by atoms with Crippen molar-refractivity contribution in [3.8, 4) is 16.9 Å². The van der Waals surface area contributed by atoms with Gasteiger partial charge in [-0.3, -0.25) is 0 Å². The van der Waals surface area contributed by atoms with Crippen LogP contribution in [0.1, 0.15) is 23.7 Å². The molecule has 0 amide bonds. The summed E-state index contributed by atoms with van der Waals surface area (Å²) >= 11 is 0. The summed E-state index contributed by atoms with van der Waals surface area (Å²) in [5.41, 5.74) is 5.25. The lowest BCUT2D eigenvalue weighted by molar-refractivity contribution is -0.697. The quantitative estimate of drug-likeness (QED) is 0.227. The highest BCUT2D eigenvalue weighted by molar-refractivity contribution is 5.92. The largest absolute Gasteiger partial charge is 0.472 e. The third kappa shape index (κ3) is 3.96. The molecule has 146 valence electrons. The molecule has 0 spiro atoms. The first-order valence-electron chi connectivity index (χ1n) is 9.37. The van der Waals surface area contributed by atoms with Crippen LogP contribution in [-0.2, 0) is 27.3 Å². The molecule has 0 N–H and O–H groups in total. The second-order valence-electron chi connectivity index (χ2n) is 6.59. The summed E-state index contributed by atoms with van der Waals surface area (Å²) in [4.78, 5) is 23.6. The van der Waals surface area contributed by atoms with Crippen LogP contribution >= 0.6 is 0 Å². The number of aromatic nitrogens is 1. The maximum atomic E-state index is 12.2. The van der Waals surface area contributed by atoms with E-state index in [9.17, 15) is 9.59 Å². The Morgan fingerprint density at radius 3 is 2.79 bits per heavy atom. The van der Waals surface area contributed by atoms with Crippen molar-refractivity contribution in [1.82, 2.24) is 0 Å². The Morgan fingerprint density at radius 2 is 2.00 bits per heavy atom. The molecule has 29 heavy (non-hydrogen) atoms. The summed E-state index contributed by atoms with van der Waals surface area (Å²) < 4.78 is 17.7. The zero-order chi connectivity index (χ0) is 20.2. The summed E-state index contributed by atoms with van der Waals surface area (Å²) in [7, 11) is 0. The second-order valence-corrected chi connectivity index (χ2v) is 6.59. The van der Waals surface area contributed by atoms with E-state index in [1.807, 2.05) is 30.5 Å². The number of pyridine rings is 1. The minimum absolute atomic E-state index is 0.250. The number of ether oxygens (including phenoxy) is 2. The van der Waals surface area contributed by atoms with Crippen LogP contribution in [0.2, 0.25) is 0 Å². The van der Waals surface area contributed by atoms with E-state index in [0.717, 1.165) is 40.1 Å². The predicted octanol–water partition coefficient (Wildman–Crippen LogP) is 3.21. The molecule has 0 unspecified atom stereocenters. The van der Waals surface area contributed by atoms with E-state index < -0.39 is 11.9 Å². The monoisotopic (exact) mass is 390 g/mol. The molecule has 0 saturated heterocycles. The number of fused-ring (bicyclic) bond motifs is 2. The lowest BCUT2D eigenvalue weighted by Gasteiger charge is -2.19. The highest BCUT2D eigenvalue weighted by atomic mass is 16.5. The predicted molar refractivity (Wildman–Crippen MR) is 104 cm³/mol. The van der Waals surface area contributed by atoms with E-state index in [4.69, 9.17) is 13.9 Å². The van der Waals surface area contributed by atoms with Gasteiger partial charge < -0.3 is 13.9 Å². The molecule has 1 aromatic carbocycles. The topological polar surface area (TPSA) is 69.6 Å². The van der Waals surface area contributed by atoms with Crippen LogP contribution in [0.25, 0.3) is 11.1 Å². The van der Waals surface area contributed by atoms with Crippen LogP contribution in [0.5, 0.6) is 5.75 Å². The molecule has 0 aliphatic carbocycles. The van der Waals surface area contributed by atoms with Gasteiger partial charge in [0, 0.05) is 34.9 Å². The van der Waals surface area contributed by atoms with Gasteiger partial charge >= 0.3 is 11.9 Å². The molecule has 0 bridgehead atoms. The van der Waals surface area contributed by atoms with Gasteiger partial charge in [0.2, 0.25) is 0 Å². The van der Waals surface area contributed by atoms with Crippen LogP contribution in [0, 0.1) is 0 Å². The van der Waals surface area contributed by atoms with Gasteiger partial charge in [0.25, 0.3) is 0 Å². The van der Waals surface area contributed by atoms with Crippen molar-refractivity contribution in [2.24, 2.45) is 0 Å². The first kappa shape index (κ1) is 18.7. The maximum Gasteiger partial charge on any atom is 0.336 e. The fourth-order valence-electron chi connectivity index (χ4n) is 3.48. The number of carbonyl (C=O) groups is 2. The summed E-state index contributed by atoms with van der Waals surface area (Å²) in [5.74, 6) is -0.697. The van der Waals surface area contributed by atoms with Gasteiger partial charge in [-0.2, -0.15) is 4.57 Å². The van der Waals surface area contributed by atoms with Gasteiger partial charge in [-0.05, 0) is 25.1 Å². The average Bonchev–Trinajstić information content (AvgIpc) is 3.25. The van der Waals surface area contributed by atoms with Crippen LogP contribution in [0.15, 0.2) is 71.7 Å². The number of rotatable bonds is 5.